The van der Waals surface area contributed by atoms with Gasteiger partial charge in [0.2, 0.25) is 5.91 Å². The summed E-state index contributed by atoms with van der Waals surface area (Å²) in [5, 5.41) is 12.3. The third-order valence-corrected chi connectivity index (χ3v) is 5.65. The van der Waals surface area contributed by atoms with E-state index in [-0.39, 0.29) is 11.2 Å². The van der Waals surface area contributed by atoms with E-state index in [1.54, 1.807) is 0 Å². The summed E-state index contributed by atoms with van der Waals surface area (Å²) in [6, 6.07) is 14.9. The van der Waals surface area contributed by atoms with E-state index >= 15 is 0 Å². The Balaban J connectivity index is 1.73. The summed E-state index contributed by atoms with van der Waals surface area (Å²) >= 11 is 11.0. The topological polar surface area (TPSA) is 59.8 Å². The van der Waals surface area contributed by atoms with Gasteiger partial charge in [0, 0.05) is 22.8 Å². The van der Waals surface area contributed by atoms with Crippen LogP contribution in [0.3, 0.4) is 0 Å². The molecule has 5 nitrogen and oxygen atoms in total. The summed E-state index contributed by atoms with van der Waals surface area (Å²) in [5.74, 6) is 0.563. The van der Waals surface area contributed by atoms with Gasteiger partial charge in [-0.25, -0.2) is 0 Å². The first-order valence-electron chi connectivity index (χ1n) is 7.83. The highest BCUT2D eigenvalue weighted by atomic mass is 79.9. The molecule has 0 fully saturated rings. The molecule has 0 spiro atoms. The fourth-order valence-electron chi connectivity index (χ4n) is 2.32. The van der Waals surface area contributed by atoms with Gasteiger partial charge in [0.25, 0.3) is 0 Å². The average Bonchev–Trinajstić information content (AvgIpc) is 2.96. The number of thioether (sulfide) groups is 1. The molecule has 2 aromatic carbocycles. The molecule has 1 amide bonds. The molecule has 0 aliphatic heterocycles. The Bertz CT molecular complexity index is 946. The molecule has 8 heteroatoms. The Labute approximate surface area is 169 Å². The quantitative estimate of drug-likeness (QED) is 0.554. The highest BCUT2D eigenvalue weighted by Gasteiger charge is 2.20. The lowest BCUT2D eigenvalue weighted by Crippen LogP contribution is -2.22. The Morgan fingerprint density at radius 3 is 2.73 bits per heavy atom. The van der Waals surface area contributed by atoms with Crippen molar-refractivity contribution in [1.82, 2.24) is 14.8 Å². The summed E-state index contributed by atoms with van der Waals surface area (Å²) in [6.07, 6.45) is 0. The smallest absolute Gasteiger partial charge is 0.237 e. The van der Waals surface area contributed by atoms with Crippen LogP contribution < -0.4 is 5.32 Å². The van der Waals surface area contributed by atoms with Crippen LogP contribution in [-0.2, 0) is 11.8 Å². The van der Waals surface area contributed by atoms with Gasteiger partial charge in [0.05, 0.1) is 10.3 Å². The third kappa shape index (κ3) is 4.28. The van der Waals surface area contributed by atoms with Crippen LogP contribution in [0.25, 0.3) is 11.4 Å². The van der Waals surface area contributed by atoms with Gasteiger partial charge in [0.15, 0.2) is 11.0 Å². The lowest BCUT2D eigenvalue weighted by Gasteiger charge is -2.12. The van der Waals surface area contributed by atoms with Crippen LogP contribution in [0, 0.1) is 0 Å². The maximum atomic E-state index is 12.4. The second kappa shape index (κ2) is 8.24. The molecule has 0 saturated heterocycles. The molecule has 0 radical (unpaired) electrons. The fourth-order valence-corrected chi connectivity index (χ4v) is 3.75. The van der Waals surface area contributed by atoms with Gasteiger partial charge in [-0.2, -0.15) is 0 Å². The molecule has 3 rings (SSSR count). The first kappa shape index (κ1) is 18.9. The van der Waals surface area contributed by atoms with Crippen molar-refractivity contribution in [1.29, 1.82) is 0 Å². The molecule has 1 aromatic heterocycles. The van der Waals surface area contributed by atoms with Gasteiger partial charge in [-0.05, 0) is 37.3 Å². The minimum absolute atomic E-state index is 0.101. The van der Waals surface area contributed by atoms with Gasteiger partial charge in [-0.1, -0.05) is 57.5 Å². The number of carbonyl (C=O) groups is 1. The van der Waals surface area contributed by atoms with Gasteiger partial charge >= 0.3 is 0 Å². The van der Waals surface area contributed by atoms with E-state index in [1.165, 1.54) is 11.8 Å². The maximum absolute atomic E-state index is 12.4. The molecule has 0 saturated carbocycles. The molecule has 0 bridgehead atoms. The van der Waals surface area contributed by atoms with Crippen LogP contribution in [0.15, 0.2) is 58.2 Å². The van der Waals surface area contributed by atoms with E-state index in [0.717, 1.165) is 15.7 Å². The van der Waals surface area contributed by atoms with Crippen molar-refractivity contribution >= 4 is 50.9 Å². The van der Waals surface area contributed by atoms with Crippen molar-refractivity contribution in [3.8, 4) is 11.4 Å². The van der Waals surface area contributed by atoms with Crippen molar-refractivity contribution in [3.05, 3.63) is 58.0 Å². The number of hydrogen-bond donors (Lipinski definition) is 1. The largest absolute Gasteiger partial charge is 0.325 e. The maximum Gasteiger partial charge on any atom is 0.237 e. The number of rotatable bonds is 5. The Morgan fingerprint density at radius 1 is 1.23 bits per heavy atom. The second-order valence-electron chi connectivity index (χ2n) is 5.60. The van der Waals surface area contributed by atoms with Crippen molar-refractivity contribution < 1.29 is 4.79 Å². The standard InChI is InChI=1S/C18H16BrClN4OS/c1-11(17(25)21-13-7-5-6-12(19)10-13)26-18-23-22-16(24(18)2)14-8-3-4-9-15(14)20/h3-11H,1-2H3,(H,21,25). The third-order valence-electron chi connectivity index (χ3n) is 3.69. The normalized spacial score (nSPS) is 12.0. The summed E-state index contributed by atoms with van der Waals surface area (Å²) in [4.78, 5) is 12.4. The predicted octanol–water partition coefficient (Wildman–Crippen LogP) is 5.02. The van der Waals surface area contributed by atoms with Crippen LogP contribution in [0.5, 0.6) is 0 Å². The minimum Gasteiger partial charge on any atom is -0.325 e. The number of hydrogen-bond acceptors (Lipinski definition) is 4. The number of halogens is 2. The molecule has 3 aromatic rings. The van der Waals surface area contributed by atoms with Crippen LogP contribution in [-0.4, -0.2) is 25.9 Å². The predicted molar refractivity (Wildman–Crippen MR) is 110 cm³/mol. The lowest BCUT2D eigenvalue weighted by atomic mass is 10.2. The fraction of sp³-hybridized carbons (Fsp3) is 0.167. The van der Waals surface area contributed by atoms with Crippen molar-refractivity contribution in [3.63, 3.8) is 0 Å². The van der Waals surface area contributed by atoms with Crippen molar-refractivity contribution in [2.45, 2.75) is 17.3 Å². The summed E-state index contributed by atoms with van der Waals surface area (Å²) in [5.41, 5.74) is 1.55. The van der Waals surface area contributed by atoms with E-state index in [1.807, 2.05) is 67.1 Å². The lowest BCUT2D eigenvalue weighted by molar-refractivity contribution is -0.115. The summed E-state index contributed by atoms with van der Waals surface area (Å²) in [7, 11) is 1.86. The highest BCUT2D eigenvalue weighted by molar-refractivity contribution is 9.10. The second-order valence-corrected chi connectivity index (χ2v) is 8.24. The van der Waals surface area contributed by atoms with E-state index < -0.39 is 0 Å². The van der Waals surface area contributed by atoms with Gasteiger partial charge in [0.1, 0.15) is 0 Å². The van der Waals surface area contributed by atoms with E-state index in [2.05, 4.69) is 31.4 Å². The SMILES string of the molecule is CC(Sc1nnc(-c2ccccc2Cl)n1C)C(=O)Nc1cccc(Br)c1. The number of amides is 1. The highest BCUT2D eigenvalue weighted by Crippen LogP contribution is 2.30. The number of anilines is 1. The van der Waals surface area contributed by atoms with E-state index in [0.29, 0.717) is 16.0 Å². The molecule has 1 unspecified atom stereocenters. The van der Waals surface area contributed by atoms with E-state index in [9.17, 15) is 4.79 Å². The Kier molecular flexibility index (Phi) is 6.01. The van der Waals surface area contributed by atoms with Gasteiger partial charge in [-0.15, -0.1) is 10.2 Å². The van der Waals surface area contributed by atoms with Crippen molar-refractivity contribution in [2.75, 3.05) is 5.32 Å². The van der Waals surface area contributed by atoms with Crippen molar-refractivity contribution in [2.24, 2.45) is 7.05 Å². The number of benzene rings is 2. The van der Waals surface area contributed by atoms with Gasteiger partial charge in [-0.3, -0.25) is 4.79 Å². The molecule has 1 N–H and O–H groups in total. The molecular weight excluding hydrogens is 436 g/mol. The zero-order valence-corrected chi connectivity index (χ0v) is 17.3. The molecule has 0 aliphatic rings. The number of nitrogens with zero attached hydrogens (tertiary/aromatic N) is 3. The van der Waals surface area contributed by atoms with Crippen LogP contribution in [0.2, 0.25) is 5.02 Å². The summed E-state index contributed by atoms with van der Waals surface area (Å²) < 4.78 is 2.75. The molecule has 1 atom stereocenters. The Morgan fingerprint density at radius 2 is 2.00 bits per heavy atom. The number of aromatic nitrogens is 3. The first-order chi connectivity index (χ1) is 12.5. The monoisotopic (exact) mass is 450 g/mol. The molecular formula is C18H16BrClN4OS. The zero-order chi connectivity index (χ0) is 18.7. The van der Waals surface area contributed by atoms with Gasteiger partial charge < -0.3 is 9.88 Å². The van der Waals surface area contributed by atoms with E-state index in [4.69, 9.17) is 11.6 Å². The van der Waals surface area contributed by atoms with Crippen LogP contribution in [0.1, 0.15) is 6.92 Å². The van der Waals surface area contributed by atoms with Crippen LogP contribution in [0.4, 0.5) is 5.69 Å². The number of nitrogens with one attached hydrogen (secondary N) is 1. The van der Waals surface area contributed by atoms with Crippen LogP contribution >= 0.6 is 39.3 Å². The average molecular weight is 452 g/mol. The summed E-state index contributed by atoms with van der Waals surface area (Å²) in [6.45, 7) is 1.84. The molecule has 134 valence electrons. The molecule has 0 aliphatic carbocycles. The molecule has 26 heavy (non-hydrogen) atoms. The number of carbonyl (C=O) groups excluding carboxylic acids is 1. The molecule has 1 heterocycles. The zero-order valence-electron chi connectivity index (χ0n) is 14.1. The first-order valence-corrected chi connectivity index (χ1v) is 9.88. The Hall–Kier alpha value is -1.83. The minimum atomic E-state index is -0.337.